The van der Waals surface area contributed by atoms with E-state index >= 15 is 0 Å². The fourth-order valence-electron chi connectivity index (χ4n) is 3.70. The molecule has 0 bridgehead atoms. The highest BCUT2D eigenvalue weighted by Crippen LogP contribution is 2.48. The Labute approximate surface area is 192 Å². The van der Waals surface area contributed by atoms with Crippen molar-refractivity contribution in [3.8, 4) is 11.5 Å². The summed E-state index contributed by atoms with van der Waals surface area (Å²) in [5, 5.41) is 1.66. The number of benzene rings is 2. The van der Waals surface area contributed by atoms with Crippen LogP contribution in [0.1, 0.15) is 60.2 Å². The number of fused-ring (bicyclic) bond motifs is 1. The smallest absolute Gasteiger partial charge is 0.418 e. The van der Waals surface area contributed by atoms with Gasteiger partial charge in [-0.2, -0.15) is 13.2 Å². The van der Waals surface area contributed by atoms with E-state index < -0.39 is 51.6 Å². The first-order valence-corrected chi connectivity index (χ1v) is 10.2. The van der Waals surface area contributed by atoms with Crippen LogP contribution in [0.2, 0.25) is 5.02 Å². The monoisotopic (exact) mass is 488 g/mol. The second-order valence-electron chi connectivity index (χ2n) is 8.52. The van der Waals surface area contributed by atoms with Gasteiger partial charge >= 0.3 is 12.3 Å². The fraction of sp³-hybridized carbons (Fsp3) is 0.364. The van der Waals surface area contributed by atoms with Crippen molar-refractivity contribution in [1.82, 2.24) is 5.32 Å². The predicted octanol–water partition coefficient (Wildman–Crippen LogP) is 5.40. The van der Waals surface area contributed by atoms with Crippen LogP contribution >= 0.6 is 11.6 Å². The summed E-state index contributed by atoms with van der Waals surface area (Å²) in [4.78, 5) is 24.8. The Balaban J connectivity index is 2.30. The highest BCUT2D eigenvalue weighted by Gasteiger charge is 2.42. The first-order chi connectivity index (χ1) is 15.2. The summed E-state index contributed by atoms with van der Waals surface area (Å²) in [5.41, 5.74) is 2.34. The molecule has 2 aromatic rings. The zero-order valence-electron chi connectivity index (χ0n) is 17.9. The van der Waals surface area contributed by atoms with Gasteiger partial charge in [0.1, 0.15) is 17.3 Å². The van der Waals surface area contributed by atoms with Crippen LogP contribution < -0.4 is 20.5 Å². The molecular weight excluding hydrogens is 468 g/mol. The Morgan fingerprint density at radius 1 is 1.21 bits per heavy atom. The molecule has 0 spiro atoms. The first-order valence-electron chi connectivity index (χ1n) is 9.84. The van der Waals surface area contributed by atoms with Crippen LogP contribution in [0.4, 0.5) is 22.4 Å². The van der Waals surface area contributed by atoms with Crippen LogP contribution in [0.25, 0.3) is 0 Å². The average molecular weight is 489 g/mol. The number of ether oxygens (including phenoxy) is 2. The number of alkyl halides is 3. The number of carbonyl (C=O) groups is 2. The van der Waals surface area contributed by atoms with E-state index in [1.807, 2.05) is 0 Å². The molecule has 1 atom stereocenters. The number of halogens is 5. The van der Waals surface area contributed by atoms with Crippen molar-refractivity contribution in [2.45, 2.75) is 44.8 Å². The third-order valence-electron chi connectivity index (χ3n) is 4.85. The molecule has 33 heavy (non-hydrogen) atoms. The van der Waals surface area contributed by atoms with Gasteiger partial charge in [-0.3, -0.25) is 4.79 Å². The molecule has 1 heterocycles. The number of nitrogens with two attached hydrogens (primary N) is 1. The largest absolute Gasteiger partial charge is 0.493 e. The lowest BCUT2D eigenvalue weighted by molar-refractivity contribution is -0.137. The topological polar surface area (TPSA) is 90.6 Å². The van der Waals surface area contributed by atoms with Gasteiger partial charge in [-0.05, 0) is 33.3 Å². The van der Waals surface area contributed by atoms with Crippen molar-refractivity contribution in [2.24, 2.45) is 5.73 Å². The molecule has 0 radical (unpaired) electrons. The summed E-state index contributed by atoms with van der Waals surface area (Å²) in [6.45, 7) is 5.03. The molecule has 6 nitrogen and oxygen atoms in total. The Bertz CT molecular complexity index is 1110. The van der Waals surface area contributed by atoms with Crippen LogP contribution in [-0.4, -0.2) is 24.1 Å². The van der Waals surface area contributed by atoms with Gasteiger partial charge in [0, 0.05) is 34.7 Å². The summed E-state index contributed by atoms with van der Waals surface area (Å²) >= 11 is 5.90. The lowest BCUT2D eigenvalue weighted by Crippen LogP contribution is -2.42. The van der Waals surface area contributed by atoms with Crippen molar-refractivity contribution < 1.29 is 36.6 Å². The predicted molar refractivity (Wildman–Crippen MR) is 112 cm³/mol. The van der Waals surface area contributed by atoms with Gasteiger partial charge in [0.15, 0.2) is 0 Å². The average Bonchev–Trinajstić information content (AvgIpc) is 2.64. The van der Waals surface area contributed by atoms with Gasteiger partial charge in [0.2, 0.25) is 5.91 Å². The van der Waals surface area contributed by atoms with Crippen LogP contribution in [0, 0.1) is 5.82 Å². The zero-order valence-corrected chi connectivity index (χ0v) is 18.7. The van der Waals surface area contributed by atoms with Gasteiger partial charge < -0.3 is 20.5 Å². The van der Waals surface area contributed by atoms with Crippen LogP contribution in [0.5, 0.6) is 11.5 Å². The first kappa shape index (κ1) is 24.6. The lowest BCUT2D eigenvalue weighted by atomic mass is 9.81. The summed E-state index contributed by atoms with van der Waals surface area (Å²) < 4.78 is 66.2. The summed E-state index contributed by atoms with van der Waals surface area (Å²) in [7, 11) is 0. The quantitative estimate of drug-likeness (QED) is 0.566. The van der Waals surface area contributed by atoms with Crippen molar-refractivity contribution >= 4 is 23.6 Å². The Hall–Kier alpha value is -3.01. The normalized spacial score (nSPS) is 15.9. The molecule has 0 aliphatic carbocycles. The maximum Gasteiger partial charge on any atom is 0.418 e. The van der Waals surface area contributed by atoms with Crippen molar-refractivity contribution in [3.05, 3.63) is 57.4 Å². The summed E-state index contributed by atoms with van der Waals surface area (Å²) in [5.74, 6) is -3.22. The number of nitrogens with one attached hydrogen (secondary N) is 1. The van der Waals surface area contributed by atoms with E-state index in [-0.39, 0.29) is 30.1 Å². The SMILES string of the molecule is CC(C)(C)NC(=O)Oc1cc(Cl)c(C(F)(F)F)c(C(N)=O)c1C1CCOc2cc(F)ccc21. The Morgan fingerprint density at radius 2 is 1.88 bits per heavy atom. The molecule has 0 saturated carbocycles. The van der Waals surface area contributed by atoms with Gasteiger partial charge in [-0.25, -0.2) is 9.18 Å². The summed E-state index contributed by atoms with van der Waals surface area (Å²) in [6, 6.07) is 4.35. The lowest BCUT2D eigenvalue weighted by Gasteiger charge is -2.30. The van der Waals surface area contributed by atoms with Crippen molar-refractivity contribution in [2.75, 3.05) is 6.61 Å². The molecule has 11 heteroatoms. The maximum absolute atomic E-state index is 13.9. The van der Waals surface area contributed by atoms with E-state index in [1.54, 1.807) is 20.8 Å². The van der Waals surface area contributed by atoms with Crippen LogP contribution in [0.3, 0.4) is 0 Å². The molecular formula is C22H21ClF4N2O4. The van der Waals surface area contributed by atoms with Gasteiger partial charge in [-0.1, -0.05) is 17.7 Å². The Morgan fingerprint density at radius 3 is 2.45 bits per heavy atom. The molecule has 2 aromatic carbocycles. The molecule has 0 aromatic heterocycles. The van der Waals surface area contributed by atoms with Crippen molar-refractivity contribution in [1.29, 1.82) is 0 Å². The molecule has 3 N–H and O–H groups in total. The number of hydrogen-bond donors (Lipinski definition) is 2. The number of rotatable bonds is 3. The second kappa shape index (κ2) is 8.74. The maximum atomic E-state index is 13.9. The third-order valence-corrected chi connectivity index (χ3v) is 5.15. The van der Waals surface area contributed by atoms with Crippen molar-refractivity contribution in [3.63, 3.8) is 0 Å². The number of hydrogen-bond acceptors (Lipinski definition) is 4. The minimum atomic E-state index is -5.03. The number of primary amides is 1. The fourth-order valence-corrected chi connectivity index (χ4v) is 4.00. The molecule has 1 aliphatic rings. The molecule has 2 amide bonds. The van der Waals surface area contributed by atoms with Crippen LogP contribution in [-0.2, 0) is 6.18 Å². The van der Waals surface area contributed by atoms with Gasteiger partial charge in [0.25, 0.3) is 0 Å². The molecule has 178 valence electrons. The van der Waals surface area contributed by atoms with Gasteiger partial charge in [0.05, 0.1) is 22.8 Å². The third kappa shape index (κ3) is 5.32. The Kier molecular flexibility index (Phi) is 6.52. The van der Waals surface area contributed by atoms with Crippen LogP contribution in [0.15, 0.2) is 24.3 Å². The molecule has 1 unspecified atom stereocenters. The molecule has 1 aliphatic heterocycles. The molecule has 0 fully saturated rings. The molecule has 0 saturated heterocycles. The zero-order chi connectivity index (χ0) is 24.7. The minimum absolute atomic E-state index is 0.0108. The van der Waals surface area contributed by atoms with E-state index in [1.165, 1.54) is 6.07 Å². The summed E-state index contributed by atoms with van der Waals surface area (Å²) in [6.07, 6.45) is -5.89. The van der Waals surface area contributed by atoms with Gasteiger partial charge in [-0.15, -0.1) is 0 Å². The van der Waals surface area contributed by atoms with E-state index in [4.69, 9.17) is 26.8 Å². The standard InChI is InChI=1S/C22H21ClF4N2O4/c1-21(2,3)29-20(31)33-15-9-13(23)18(22(25,26)27)17(19(28)30)16(15)12-6-7-32-14-8-10(24)4-5-11(12)14/h4-5,8-9,12H,6-7H2,1-3H3,(H2,28,30)(H,29,31). The molecule has 3 rings (SSSR count). The second-order valence-corrected chi connectivity index (χ2v) is 8.93. The van der Waals surface area contributed by atoms with E-state index in [2.05, 4.69) is 5.32 Å². The highest BCUT2D eigenvalue weighted by molar-refractivity contribution is 6.32. The number of amides is 2. The highest BCUT2D eigenvalue weighted by atomic mass is 35.5. The van der Waals surface area contributed by atoms with E-state index in [0.717, 1.165) is 18.2 Å². The number of carbonyl (C=O) groups excluding carboxylic acids is 2. The minimum Gasteiger partial charge on any atom is -0.493 e. The van der Waals surface area contributed by atoms with E-state index in [0.29, 0.717) is 5.56 Å². The van der Waals surface area contributed by atoms with E-state index in [9.17, 15) is 27.2 Å².